The number of aromatic nitrogens is 1. The summed E-state index contributed by atoms with van der Waals surface area (Å²) in [7, 11) is 0. The second kappa shape index (κ2) is 4.86. The van der Waals surface area contributed by atoms with E-state index >= 15 is 0 Å². The molecule has 1 aliphatic heterocycles. The fourth-order valence-corrected chi connectivity index (χ4v) is 2.22. The van der Waals surface area contributed by atoms with E-state index in [0.29, 0.717) is 0 Å². The minimum Gasteiger partial charge on any atom is -0.394 e. The van der Waals surface area contributed by atoms with Crippen LogP contribution in [0.1, 0.15) is 11.9 Å². The van der Waals surface area contributed by atoms with Crippen molar-refractivity contribution >= 4 is 10.9 Å². The molecular weight excluding hydrogens is 244 g/mol. The average Bonchev–Trinajstić information content (AvgIpc) is 2.92. The third-order valence-electron chi connectivity index (χ3n) is 3.46. The molecule has 0 spiro atoms. The lowest BCUT2D eigenvalue weighted by Crippen LogP contribution is -2.49. The number of aliphatic hydroxyl groups is 2. The normalized spacial score (nSPS) is 21.9. The van der Waals surface area contributed by atoms with E-state index < -0.39 is 11.8 Å². The summed E-state index contributed by atoms with van der Waals surface area (Å²) in [5.41, 5.74) is 0.872. The lowest BCUT2D eigenvalue weighted by molar-refractivity contribution is 0.0748. The molecule has 100 valence electrons. The molecule has 0 radical (unpaired) electrons. The Labute approximate surface area is 110 Å². The van der Waals surface area contributed by atoms with Gasteiger partial charge < -0.3 is 14.9 Å². The second-order valence-electron chi connectivity index (χ2n) is 4.86. The maximum Gasteiger partial charge on any atom is 0.152 e. The fourth-order valence-electron chi connectivity index (χ4n) is 2.22. The Balaban J connectivity index is 1.89. The van der Waals surface area contributed by atoms with Crippen molar-refractivity contribution in [2.45, 2.75) is 11.8 Å². The smallest absolute Gasteiger partial charge is 0.152 e. The van der Waals surface area contributed by atoms with E-state index in [-0.39, 0.29) is 19.8 Å². The standard InChI is InChI=1S/C14H16N2O3/c17-7-14(8-18)9-19-13(16-14)12-6-5-10-3-1-2-4-11(10)15-12/h1-6,13,16-18H,7-9H2. The number of fused-ring (bicyclic) bond motifs is 1. The number of aliphatic hydroxyl groups excluding tert-OH is 2. The van der Waals surface area contributed by atoms with Crippen molar-refractivity contribution in [2.75, 3.05) is 19.8 Å². The van der Waals surface area contributed by atoms with E-state index in [9.17, 15) is 10.2 Å². The molecule has 0 saturated carbocycles. The van der Waals surface area contributed by atoms with Gasteiger partial charge in [0.25, 0.3) is 0 Å². The largest absolute Gasteiger partial charge is 0.394 e. The van der Waals surface area contributed by atoms with Gasteiger partial charge in [0.15, 0.2) is 6.23 Å². The number of pyridine rings is 1. The second-order valence-corrected chi connectivity index (χ2v) is 4.86. The van der Waals surface area contributed by atoms with E-state index in [1.807, 2.05) is 36.4 Å². The Morgan fingerprint density at radius 3 is 2.74 bits per heavy atom. The highest BCUT2D eigenvalue weighted by molar-refractivity contribution is 5.78. The summed E-state index contributed by atoms with van der Waals surface area (Å²) in [6.07, 6.45) is -0.399. The summed E-state index contributed by atoms with van der Waals surface area (Å²) in [5.74, 6) is 0. The monoisotopic (exact) mass is 260 g/mol. The van der Waals surface area contributed by atoms with Crippen LogP contribution in [0, 0.1) is 0 Å². The number of para-hydroxylation sites is 1. The molecule has 0 amide bonds. The van der Waals surface area contributed by atoms with Gasteiger partial charge in [-0.25, -0.2) is 4.98 Å². The zero-order valence-corrected chi connectivity index (χ0v) is 10.4. The lowest BCUT2D eigenvalue weighted by Gasteiger charge is -2.22. The zero-order valence-electron chi connectivity index (χ0n) is 10.4. The minimum absolute atomic E-state index is 0.173. The number of nitrogens with zero attached hydrogens (tertiary/aromatic N) is 1. The summed E-state index contributed by atoms with van der Waals surface area (Å²) in [6.45, 7) is -0.0830. The molecule has 2 heterocycles. The Morgan fingerprint density at radius 1 is 1.21 bits per heavy atom. The van der Waals surface area contributed by atoms with Crippen LogP contribution in [0.5, 0.6) is 0 Å². The highest BCUT2D eigenvalue weighted by Crippen LogP contribution is 2.26. The van der Waals surface area contributed by atoms with Crippen LogP contribution in [0.4, 0.5) is 0 Å². The van der Waals surface area contributed by atoms with Crippen LogP contribution in [0.3, 0.4) is 0 Å². The average molecular weight is 260 g/mol. The topological polar surface area (TPSA) is 74.6 Å². The molecule has 1 aliphatic rings. The number of benzene rings is 1. The van der Waals surface area contributed by atoms with Gasteiger partial charge in [-0.05, 0) is 12.1 Å². The first-order valence-electron chi connectivity index (χ1n) is 6.23. The Hall–Kier alpha value is -1.53. The van der Waals surface area contributed by atoms with Gasteiger partial charge >= 0.3 is 0 Å². The zero-order chi connectivity index (χ0) is 13.3. The number of nitrogens with one attached hydrogen (secondary N) is 1. The molecule has 2 aromatic rings. The van der Waals surface area contributed by atoms with Gasteiger partial charge in [-0.1, -0.05) is 24.3 Å². The van der Waals surface area contributed by atoms with Crippen LogP contribution in [0.15, 0.2) is 36.4 Å². The van der Waals surface area contributed by atoms with Crippen LogP contribution in [-0.4, -0.2) is 40.6 Å². The molecule has 1 unspecified atom stereocenters. The highest BCUT2D eigenvalue weighted by Gasteiger charge is 2.39. The van der Waals surface area contributed by atoms with E-state index in [2.05, 4.69) is 10.3 Å². The van der Waals surface area contributed by atoms with Gasteiger partial charge in [0, 0.05) is 5.39 Å². The summed E-state index contributed by atoms with van der Waals surface area (Å²) >= 11 is 0. The summed E-state index contributed by atoms with van der Waals surface area (Å²) in [4.78, 5) is 4.54. The molecule has 5 heteroatoms. The minimum atomic E-state index is -0.780. The van der Waals surface area contributed by atoms with Gasteiger partial charge in [0.1, 0.15) is 0 Å². The van der Waals surface area contributed by atoms with Crippen molar-refractivity contribution in [3.05, 3.63) is 42.1 Å². The Kier molecular flexibility index (Phi) is 3.20. The van der Waals surface area contributed by atoms with E-state index in [1.54, 1.807) is 0 Å². The van der Waals surface area contributed by atoms with Crippen molar-refractivity contribution in [1.29, 1.82) is 0 Å². The van der Waals surface area contributed by atoms with Gasteiger partial charge in [-0.3, -0.25) is 5.32 Å². The van der Waals surface area contributed by atoms with Crippen LogP contribution < -0.4 is 5.32 Å². The maximum absolute atomic E-state index is 9.33. The Morgan fingerprint density at radius 2 is 2.00 bits per heavy atom. The molecule has 3 N–H and O–H groups in total. The van der Waals surface area contributed by atoms with Crippen molar-refractivity contribution in [2.24, 2.45) is 0 Å². The van der Waals surface area contributed by atoms with E-state index in [1.165, 1.54) is 0 Å². The number of ether oxygens (including phenoxy) is 1. The van der Waals surface area contributed by atoms with Gasteiger partial charge in [0.2, 0.25) is 0 Å². The molecule has 19 heavy (non-hydrogen) atoms. The molecule has 1 fully saturated rings. The van der Waals surface area contributed by atoms with Gasteiger partial charge in [0.05, 0.1) is 36.6 Å². The van der Waals surface area contributed by atoms with Gasteiger partial charge in [-0.2, -0.15) is 0 Å². The van der Waals surface area contributed by atoms with E-state index in [4.69, 9.17) is 4.74 Å². The molecule has 0 aliphatic carbocycles. The van der Waals surface area contributed by atoms with Crippen LogP contribution in [0.25, 0.3) is 10.9 Å². The molecule has 1 saturated heterocycles. The first-order valence-corrected chi connectivity index (χ1v) is 6.23. The third kappa shape index (κ3) is 2.21. The molecule has 1 aromatic heterocycles. The molecule has 1 atom stereocenters. The predicted molar refractivity (Wildman–Crippen MR) is 70.5 cm³/mol. The Bertz CT molecular complexity index is 584. The first kappa shape index (κ1) is 12.5. The number of rotatable bonds is 3. The van der Waals surface area contributed by atoms with Crippen molar-refractivity contribution in [3.8, 4) is 0 Å². The fraction of sp³-hybridized carbons (Fsp3) is 0.357. The van der Waals surface area contributed by atoms with E-state index in [0.717, 1.165) is 16.6 Å². The number of hydrogen-bond acceptors (Lipinski definition) is 5. The third-order valence-corrected chi connectivity index (χ3v) is 3.46. The maximum atomic E-state index is 9.33. The predicted octanol–water partition coefficient (Wildman–Crippen LogP) is 0.577. The first-order chi connectivity index (χ1) is 9.26. The van der Waals surface area contributed by atoms with Crippen molar-refractivity contribution in [1.82, 2.24) is 10.3 Å². The summed E-state index contributed by atoms with van der Waals surface area (Å²) in [5, 5.41) is 22.8. The van der Waals surface area contributed by atoms with Crippen LogP contribution in [0.2, 0.25) is 0 Å². The molecule has 3 rings (SSSR count). The van der Waals surface area contributed by atoms with Gasteiger partial charge in [-0.15, -0.1) is 0 Å². The number of hydrogen-bond donors (Lipinski definition) is 3. The summed E-state index contributed by atoms with van der Waals surface area (Å²) < 4.78 is 5.59. The van der Waals surface area contributed by atoms with Crippen molar-refractivity contribution in [3.63, 3.8) is 0 Å². The van der Waals surface area contributed by atoms with Crippen molar-refractivity contribution < 1.29 is 14.9 Å². The summed E-state index contributed by atoms with van der Waals surface area (Å²) in [6, 6.07) is 11.7. The van der Waals surface area contributed by atoms with Crippen LogP contribution >= 0.6 is 0 Å². The lowest BCUT2D eigenvalue weighted by atomic mass is 10.1. The SMILES string of the molecule is OCC1(CO)COC(c2ccc3ccccc3n2)N1. The molecular formula is C14H16N2O3. The van der Waals surface area contributed by atoms with Crippen LogP contribution in [-0.2, 0) is 4.74 Å². The molecule has 5 nitrogen and oxygen atoms in total. The molecule has 0 bridgehead atoms. The molecule has 1 aromatic carbocycles. The quantitative estimate of drug-likeness (QED) is 0.752. The highest BCUT2D eigenvalue weighted by atomic mass is 16.5.